The lowest BCUT2D eigenvalue weighted by molar-refractivity contribution is -0.157. The van der Waals surface area contributed by atoms with Crippen LogP contribution >= 0.6 is 0 Å². The van der Waals surface area contributed by atoms with Gasteiger partial charge < -0.3 is 14.6 Å². The van der Waals surface area contributed by atoms with Crippen LogP contribution < -0.4 is 0 Å². The van der Waals surface area contributed by atoms with Crippen molar-refractivity contribution in [3.05, 3.63) is 82.4 Å². The number of carbonyl (C=O) groups excluding carboxylic acids is 2. The zero-order valence-corrected chi connectivity index (χ0v) is 24.0. The van der Waals surface area contributed by atoms with Crippen LogP contribution in [0.1, 0.15) is 67.3 Å². The zero-order valence-electron chi connectivity index (χ0n) is 24.0. The molecule has 41 heavy (non-hydrogen) atoms. The van der Waals surface area contributed by atoms with Crippen LogP contribution in [0.3, 0.4) is 0 Å². The van der Waals surface area contributed by atoms with Crippen LogP contribution in [-0.4, -0.2) is 49.7 Å². The third-order valence-corrected chi connectivity index (χ3v) is 7.01. The highest BCUT2D eigenvalue weighted by Crippen LogP contribution is 2.27. The van der Waals surface area contributed by atoms with E-state index in [4.69, 9.17) is 9.47 Å². The lowest BCUT2D eigenvalue weighted by Crippen LogP contribution is -2.32. The van der Waals surface area contributed by atoms with E-state index in [1.165, 1.54) is 25.0 Å². The molecule has 0 bridgehead atoms. The Labute approximate surface area is 239 Å². The Balaban J connectivity index is 2.17. The van der Waals surface area contributed by atoms with Crippen molar-refractivity contribution in [1.82, 2.24) is 0 Å². The molecule has 0 spiro atoms. The van der Waals surface area contributed by atoms with E-state index in [9.17, 15) is 32.3 Å². The molecule has 0 fully saturated rings. The second-order valence-electron chi connectivity index (χ2n) is 10.8. The Kier molecular flexibility index (Phi) is 13.0. The smallest absolute Gasteiger partial charge is 0.422 e. The molecule has 5 nitrogen and oxygen atoms in total. The summed E-state index contributed by atoms with van der Waals surface area (Å²) in [6, 6.07) is 13.9. The average molecular weight is 581 g/mol. The van der Waals surface area contributed by atoms with Crippen molar-refractivity contribution in [2.24, 2.45) is 5.41 Å². The monoisotopic (exact) mass is 580 g/mol. The summed E-state index contributed by atoms with van der Waals surface area (Å²) in [4.78, 5) is 24.4. The van der Waals surface area contributed by atoms with Gasteiger partial charge in [-0.3, -0.25) is 9.18 Å². The third kappa shape index (κ3) is 10.6. The van der Waals surface area contributed by atoms with Gasteiger partial charge in [-0.2, -0.15) is 13.2 Å². The van der Waals surface area contributed by atoms with E-state index in [1.54, 1.807) is 6.07 Å². The van der Waals surface area contributed by atoms with E-state index < -0.39 is 48.2 Å². The second kappa shape index (κ2) is 15.7. The van der Waals surface area contributed by atoms with Crippen LogP contribution in [0.2, 0.25) is 0 Å². The largest absolute Gasteiger partial charge is 0.464 e. The predicted molar refractivity (Wildman–Crippen MR) is 149 cm³/mol. The van der Waals surface area contributed by atoms with E-state index in [0.29, 0.717) is 18.4 Å². The van der Waals surface area contributed by atoms with Gasteiger partial charge in [0.15, 0.2) is 0 Å². The van der Waals surface area contributed by atoms with Gasteiger partial charge in [-0.05, 0) is 80.2 Å². The van der Waals surface area contributed by atoms with Crippen molar-refractivity contribution in [3.63, 3.8) is 0 Å². The Morgan fingerprint density at radius 3 is 2.07 bits per heavy atom. The summed E-state index contributed by atoms with van der Waals surface area (Å²) >= 11 is 0. The standard InChI is InChI=1S/C32H40F4O5/c1-5-25-18-27(16-15-26(25)14-13-24-11-9-23(10-12-24)8-6-7-17-33)28(20-41-30(39)31(3,4)21-37)19-40-29(38)22(2)32(34,35)36/h9-12,15-16,18,28,37H,2,5-8,13-14,17,19-21H2,1,3-4H3. The van der Waals surface area contributed by atoms with Gasteiger partial charge in [0.25, 0.3) is 0 Å². The average Bonchev–Trinajstić information content (AvgIpc) is 2.95. The van der Waals surface area contributed by atoms with Crippen molar-refractivity contribution >= 4 is 11.9 Å². The summed E-state index contributed by atoms with van der Waals surface area (Å²) in [5.74, 6) is -3.01. The van der Waals surface area contributed by atoms with Gasteiger partial charge >= 0.3 is 18.1 Å². The highest BCUT2D eigenvalue weighted by Gasteiger charge is 2.38. The number of hydrogen-bond donors (Lipinski definition) is 1. The molecule has 0 aliphatic carbocycles. The summed E-state index contributed by atoms with van der Waals surface area (Å²) in [5, 5.41) is 9.45. The maximum Gasteiger partial charge on any atom is 0.422 e. The minimum atomic E-state index is -4.92. The third-order valence-electron chi connectivity index (χ3n) is 7.01. The SMILES string of the molecule is C=C(C(=O)OCC(COC(=O)C(C)(C)CO)c1ccc(CCc2ccc(CCCCF)cc2)c(CC)c1)C(F)(F)F. The van der Waals surface area contributed by atoms with Gasteiger partial charge in [-0.1, -0.05) is 56.0 Å². The zero-order chi connectivity index (χ0) is 30.6. The van der Waals surface area contributed by atoms with Gasteiger partial charge in [-0.25, -0.2) is 4.79 Å². The fourth-order valence-corrected chi connectivity index (χ4v) is 4.10. The van der Waals surface area contributed by atoms with Crippen LogP contribution in [0.5, 0.6) is 0 Å². The maximum absolute atomic E-state index is 12.9. The van der Waals surface area contributed by atoms with E-state index in [-0.39, 0.29) is 13.3 Å². The van der Waals surface area contributed by atoms with Crippen molar-refractivity contribution in [1.29, 1.82) is 0 Å². The minimum absolute atomic E-state index is 0.256. The van der Waals surface area contributed by atoms with Crippen LogP contribution in [0.15, 0.2) is 54.6 Å². The fraction of sp³-hybridized carbons (Fsp3) is 0.500. The Hall–Kier alpha value is -3.20. The van der Waals surface area contributed by atoms with Crippen LogP contribution in [0, 0.1) is 5.41 Å². The molecule has 0 saturated heterocycles. The summed E-state index contributed by atoms with van der Waals surface area (Å²) in [6.07, 6.45) is -0.451. The van der Waals surface area contributed by atoms with Crippen molar-refractivity contribution in [2.75, 3.05) is 26.5 Å². The van der Waals surface area contributed by atoms with E-state index in [1.807, 2.05) is 19.1 Å². The molecule has 0 amide bonds. The molecular weight excluding hydrogens is 540 g/mol. The molecule has 0 aliphatic rings. The van der Waals surface area contributed by atoms with Gasteiger partial charge in [0.05, 0.1) is 24.6 Å². The van der Waals surface area contributed by atoms with Crippen LogP contribution in [-0.2, 0) is 44.7 Å². The number of alkyl halides is 4. The lowest BCUT2D eigenvalue weighted by Gasteiger charge is -2.24. The Morgan fingerprint density at radius 2 is 1.51 bits per heavy atom. The molecule has 9 heteroatoms. The van der Waals surface area contributed by atoms with Crippen molar-refractivity contribution in [2.45, 2.75) is 71.4 Å². The Morgan fingerprint density at radius 1 is 0.902 bits per heavy atom. The predicted octanol–water partition coefficient (Wildman–Crippen LogP) is 6.63. The highest BCUT2D eigenvalue weighted by atomic mass is 19.4. The van der Waals surface area contributed by atoms with E-state index in [0.717, 1.165) is 36.8 Å². The molecule has 2 aromatic rings. The number of halogens is 4. The molecule has 1 N–H and O–H groups in total. The van der Waals surface area contributed by atoms with E-state index >= 15 is 0 Å². The number of hydrogen-bond acceptors (Lipinski definition) is 5. The number of aliphatic hydroxyl groups excluding tert-OH is 1. The van der Waals surface area contributed by atoms with Crippen LogP contribution in [0.25, 0.3) is 0 Å². The molecule has 2 aromatic carbocycles. The number of unbranched alkanes of at least 4 members (excludes halogenated alkanes) is 1. The summed E-state index contributed by atoms with van der Waals surface area (Å²) in [6.45, 7) is 6.30. The second-order valence-corrected chi connectivity index (χ2v) is 10.8. The van der Waals surface area contributed by atoms with Gasteiger partial charge in [0.2, 0.25) is 0 Å². The number of rotatable bonds is 16. The molecule has 0 aliphatic heterocycles. The fourth-order valence-electron chi connectivity index (χ4n) is 4.10. The van der Waals surface area contributed by atoms with Crippen molar-refractivity contribution < 1.29 is 41.7 Å². The summed E-state index contributed by atoms with van der Waals surface area (Å²) in [5.41, 5.74) is 2.31. The molecule has 0 aromatic heterocycles. The molecule has 1 unspecified atom stereocenters. The first-order valence-electron chi connectivity index (χ1n) is 13.8. The Bertz CT molecular complexity index is 1160. The first kappa shape index (κ1) is 34.0. The maximum atomic E-state index is 12.9. The number of esters is 2. The summed E-state index contributed by atoms with van der Waals surface area (Å²) in [7, 11) is 0. The minimum Gasteiger partial charge on any atom is -0.464 e. The topological polar surface area (TPSA) is 72.8 Å². The number of aryl methyl sites for hydroxylation is 4. The molecule has 226 valence electrons. The molecule has 0 radical (unpaired) electrons. The number of carbonyl (C=O) groups is 2. The van der Waals surface area contributed by atoms with E-state index in [2.05, 4.69) is 30.8 Å². The molecular formula is C32H40F4O5. The molecule has 2 rings (SSSR count). The molecule has 0 saturated carbocycles. The van der Waals surface area contributed by atoms with Crippen molar-refractivity contribution in [3.8, 4) is 0 Å². The number of aliphatic hydroxyl groups is 1. The highest BCUT2D eigenvalue weighted by molar-refractivity contribution is 5.89. The molecule has 1 atom stereocenters. The normalized spacial score (nSPS) is 12.6. The van der Waals surface area contributed by atoms with Gasteiger partial charge in [0, 0.05) is 0 Å². The van der Waals surface area contributed by atoms with Gasteiger partial charge in [0.1, 0.15) is 18.8 Å². The summed E-state index contributed by atoms with van der Waals surface area (Å²) < 4.78 is 61.3. The van der Waals surface area contributed by atoms with Crippen LogP contribution in [0.4, 0.5) is 17.6 Å². The molecule has 0 heterocycles. The first-order chi connectivity index (χ1) is 19.3. The lowest BCUT2D eigenvalue weighted by atomic mass is 9.91. The quantitative estimate of drug-likeness (QED) is 0.104. The number of ether oxygens (including phenoxy) is 2. The van der Waals surface area contributed by atoms with Gasteiger partial charge in [-0.15, -0.1) is 0 Å². The first-order valence-corrected chi connectivity index (χ1v) is 13.8. The number of benzene rings is 2.